The first-order chi connectivity index (χ1) is 14.9. The number of fused-ring (bicyclic) bond motifs is 2. The summed E-state index contributed by atoms with van der Waals surface area (Å²) in [5.74, 6) is 2.27. The van der Waals surface area contributed by atoms with Gasteiger partial charge in [-0.05, 0) is 0 Å². The number of hydrogen-bond donors (Lipinski definition) is 0. The van der Waals surface area contributed by atoms with E-state index in [4.69, 9.17) is 17.0 Å². The van der Waals surface area contributed by atoms with Crippen molar-refractivity contribution in [3.05, 3.63) is 114 Å². The first-order valence-electron chi connectivity index (χ1n) is 10.3. The molecule has 0 spiro atoms. The fourth-order valence-electron chi connectivity index (χ4n) is 3.41. The van der Waals surface area contributed by atoms with Crippen LogP contribution in [0.4, 0.5) is 0 Å². The number of rotatable bonds is 1. The summed E-state index contributed by atoms with van der Waals surface area (Å²) in [6.07, 6.45) is 0. The van der Waals surface area contributed by atoms with Crippen LogP contribution in [0.3, 0.4) is 0 Å². The summed E-state index contributed by atoms with van der Waals surface area (Å²) in [5, 5.41) is 5.39. The van der Waals surface area contributed by atoms with Gasteiger partial charge in [0.1, 0.15) is 0 Å². The average molecular weight is 585 g/mol. The van der Waals surface area contributed by atoms with Crippen molar-refractivity contribution in [3.63, 3.8) is 0 Å². The van der Waals surface area contributed by atoms with Gasteiger partial charge in [-0.1, -0.05) is 26.0 Å². The topological polar surface area (TPSA) is 0 Å². The quantitative estimate of drug-likeness (QED) is 0.138. The van der Waals surface area contributed by atoms with Gasteiger partial charge in [-0.2, -0.15) is 12.1 Å². The van der Waals surface area contributed by atoms with E-state index in [2.05, 4.69) is 117 Å². The number of aryl methyl sites for hydroxylation is 2. The molecule has 0 fully saturated rings. The Hall–Kier alpha value is -1.11. The summed E-state index contributed by atoms with van der Waals surface area (Å²) < 4.78 is 1.44. The second-order valence-corrected chi connectivity index (χ2v) is 42.0. The van der Waals surface area contributed by atoms with Crippen LogP contribution < -0.4 is 4.40 Å². The molecule has 0 bridgehead atoms. The molecular weight excluding hydrogens is 559 g/mol. The zero-order valence-corrected chi connectivity index (χ0v) is 24.1. The van der Waals surface area contributed by atoms with Gasteiger partial charge in [0.25, 0.3) is 0 Å². The minimum atomic E-state index is -1.89. The Labute approximate surface area is 201 Å². The predicted octanol–water partition coefficient (Wildman–Crippen LogP) is 8.17. The van der Waals surface area contributed by atoms with Gasteiger partial charge in [-0.25, -0.2) is 0 Å². The third kappa shape index (κ3) is 7.47. The van der Waals surface area contributed by atoms with Crippen molar-refractivity contribution in [2.45, 2.75) is 19.6 Å². The van der Waals surface area contributed by atoms with Gasteiger partial charge in [-0.3, -0.25) is 0 Å². The molecule has 4 heteroatoms. The van der Waals surface area contributed by atoms with E-state index < -0.39 is 26.2 Å². The molecule has 5 aromatic carbocycles. The van der Waals surface area contributed by atoms with Gasteiger partial charge in [0.2, 0.25) is 0 Å². The molecule has 0 saturated heterocycles. The Morgan fingerprint density at radius 1 is 0.645 bits per heavy atom. The molecule has 0 unspecified atom stereocenters. The molecule has 0 aliphatic carbocycles. The molecule has 0 radical (unpaired) electrons. The second-order valence-electron chi connectivity index (χ2n) is 7.57. The van der Waals surface area contributed by atoms with Gasteiger partial charge in [0.15, 0.2) is 0 Å². The normalized spacial score (nSPS) is 10.1. The summed E-state index contributed by atoms with van der Waals surface area (Å²) >= 11 is -1.89. The van der Waals surface area contributed by atoms with E-state index in [-0.39, 0.29) is 0 Å². The maximum absolute atomic E-state index is 6.00. The third-order valence-electron chi connectivity index (χ3n) is 5.01. The van der Waals surface area contributed by atoms with Gasteiger partial charge in [0, 0.05) is 0 Å². The Morgan fingerprint density at radius 2 is 1.06 bits per heavy atom. The van der Waals surface area contributed by atoms with Crippen molar-refractivity contribution in [1.29, 1.82) is 0 Å². The zero-order chi connectivity index (χ0) is 22.2. The van der Waals surface area contributed by atoms with Gasteiger partial charge in [-0.15, -0.1) is 81.2 Å². The molecule has 31 heavy (non-hydrogen) atoms. The summed E-state index contributed by atoms with van der Waals surface area (Å²) in [5.41, 5.74) is 2.70. The Morgan fingerprint density at radius 3 is 1.48 bits per heavy atom. The average Bonchev–Trinajstić information content (AvgIpc) is 3.35. The molecular formula is C27H26Cl2GeZr-2. The van der Waals surface area contributed by atoms with Crippen LogP contribution in [0, 0.1) is 13.8 Å². The van der Waals surface area contributed by atoms with Crippen molar-refractivity contribution in [1.82, 2.24) is 0 Å². The Balaban J connectivity index is 0.000000132. The third-order valence-corrected chi connectivity index (χ3v) is 37.1. The number of halogens is 2. The zero-order valence-electron chi connectivity index (χ0n) is 18.1. The molecule has 0 nitrogen and oxygen atoms in total. The first kappa shape index (κ1) is 24.5. The first-order valence-corrected chi connectivity index (χ1v) is 27.2. The van der Waals surface area contributed by atoms with Crippen LogP contribution in [-0.2, 0) is 16.2 Å². The van der Waals surface area contributed by atoms with Crippen LogP contribution in [0.5, 0.6) is 0 Å². The van der Waals surface area contributed by atoms with Gasteiger partial charge >= 0.3 is 83.7 Å². The second kappa shape index (κ2) is 12.2. The minimum absolute atomic E-state index is 1.17. The predicted molar refractivity (Wildman–Crippen MR) is 138 cm³/mol. The number of benzene rings is 3. The van der Waals surface area contributed by atoms with Crippen molar-refractivity contribution in [3.8, 4) is 0 Å². The Kier molecular flexibility index (Phi) is 9.66. The van der Waals surface area contributed by atoms with E-state index in [1.54, 1.807) is 0 Å². The van der Waals surface area contributed by atoms with E-state index >= 15 is 0 Å². The summed E-state index contributed by atoms with van der Waals surface area (Å²) in [6.45, 7) is 4.25. The van der Waals surface area contributed by atoms with Crippen molar-refractivity contribution >= 4 is 52.9 Å². The standard InChI is InChI=1S/2C10H9.C7H8Ge.2ClH.Zr/c2*1-8-6-9-4-2-3-5-10(9)7-8;1-8-7-5-3-2-4-6-7;;;/h2*2-7H,1H3;2-6H,1H3;2*1H;/q2*-1;;;;+2/p-2. The molecule has 158 valence electrons. The summed E-state index contributed by atoms with van der Waals surface area (Å²) in [7, 11) is 10.8. The van der Waals surface area contributed by atoms with Crippen LogP contribution in [-0.4, -0.2) is 9.98 Å². The van der Waals surface area contributed by atoms with E-state index in [0.717, 1.165) is 0 Å². The molecule has 0 aromatic heterocycles. The van der Waals surface area contributed by atoms with E-state index in [0.29, 0.717) is 0 Å². The molecule has 0 heterocycles. The fourth-order valence-corrected chi connectivity index (χ4v) is 16.9. The maximum atomic E-state index is 6.00. The summed E-state index contributed by atoms with van der Waals surface area (Å²) in [4.78, 5) is 0. The molecule has 0 atom stereocenters. The molecule has 0 saturated carbocycles. The van der Waals surface area contributed by atoms with Crippen LogP contribution in [0.2, 0.25) is 5.76 Å². The Bertz CT molecular complexity index is 1140. The number of hydrogen-bond acceptors (Lipinski definition) is 0. The van der Waals surface area contributed by atoms with Crippen molar-refractivity contribution in [2.24, 2.45) is 0 Å². The molecule has 0 N–H and O–H groups in total. The van der Waals surface area contributed by atoms with Crippen LogP contribution in [0.1, 0.15) is 11.1 Å². The SMILES string of the molecule is Cc1cc2ccccc2[cH-]1.Cc1cc2ccccc2[cH-]1.[CH3][Ge]([c]1ccccc1)=[Zr]([Cl])[Cl]. The molecule has 5 rings (SSSR count). The molecule has 0 amide bonds. The van der Waals surface area contributed by atoms with Crippen LogP contribution in [0.15, 0.2) is 103 Å². The monoisotopic (exact) mass is 584 g/mol. The van der Waals surface area contributed by atoms with Crippen molar-refractivity contribution < 1.29 is 16.2 Å². The van der Waals surface area contributed by atoms with Crippen LogP contribution >= 0.6 is 17.0 Å². The molecule has 5 aromatic rings. The summed E-state index contributed by atoms with van der Waals surface area (Å²) in [6, 6.07) is 36.1. The van der Waals surface area contributed by atoms with Gasteiger partial charge in [0.05, 0.1) is 0 Å². The van der Waals surface area contributed by atoms with Crippen molar-refractivity contribution in [2.75, 3.05) is 0 Å². The molecule has 0 aliphatic rings. The van der Waals surface area contributed by atoms with E-state index in [9.17, 15) is 0 Å². The van der Waals surface area contributed by atoms with Gasteiger partial charge < -0.3 is 0 Å². The fraction of sp³-hybridized carbons (Fsp3) is 0.111. The van der Waals surface area contributed by atoms with E-state index in [1.807, 2.05) is 6.07 Å². The van der Waals surface area contributed by atoms with E-state index in [1.165, 1.54) is 37.1 Å². The van der Waals surface area contributed by atoms with Crippen LogP contribution in [0.25, 0.3) is 21.5 Å². The molecule has 0 aliphatic heterocycles.